The summed E-state index contributed by atoms with van der Waals surface area (Å²) in [5.41, 5.74) is 0.514. The van der Waals surface area contributed by atoms with Gasteiger partial charge in [-0.3, -0.25) is 4.79 Å². The van der Waals surface area contributed by atoms with Crippen LogP contribution in [0.4, 0.5) is 26.3 Å². The quantitative estimate of drug-likeness (QED) is 0.333. The van der Waals surface area contributed by atoms with Gasteiger partial charge in [0.15, 0.2) is 0 Å². The lowest BCUT2D eigenvalue weighted by Crippen LogP contribution is -2.43. The molecule has 0 spiro atoms. The smallest absolute Gasteiger partial charge is 0.406 e. The van der Waals surface area contributed by atoms with E-state index in [2.05, 4.69) is 10.1 Å². The van der Waals surface area contributed by atoms with Crippen molar-refractivity contribution in [2.45, 2.75) is 63.5 Å². The molecule has 1 aliphatic rings. The molecule has 1 amide bonds. The molecule has 1 atom stereocenters. The minimum Gasteiger partial charge on any atom is -0.406 e. The average Bonchev–Trinajstić information content (AvgIpc) is 3.55. The Kier molecular flexibility index (Phi) is 7.33. The van der Waals surface area contributed by atoms with Gasteiger partial charge >= 0.3 is 12.5 Å². The first-order valence-corrected chi connectivity index (χ1v) is 10.8. The summed E-state index contributed by atoms with van der Waals surface area (Å²) in [5, 5.41) is 3.01. The van der Waals surface area contributed by atoms with Gasteiger partial charge in [0.05, 0.1) is 17.0 Å². The standard InChI is InChI=1S/C25H25F6NO2/c1-3-4-16(2)21(15-17-5-7-19(8-6-17)24(26,27)28)32-22(33)23(13-14-23)18-9-11-20(12-10-18)34-25(29,30)31/h4-12,21H,3,13-15H2,1-2H3,(H,32,33)/t21-/m0/s1. The molecular formula is C25H25F6NO2. The second-order valence-corrected chi connectivity index (χ2v) is 8.44. The fourth-order valence-electron chi connectivity index (χ4n) is 3.90. The Morgan fingerprint density at radius 2 is 1.62 bits per heavy atom. The first-order chi connectivity index (χ1) is 15.8. The SMILES string of the molecule is CCC=C(C)[C@H](Cc1ccc(C(F)(F)F)cc1)NC(=O)C1(c2ccc(OC(F)(F)F)cc2)CC1. The number of nitrogens with one attached hydrogen (secondary N) is 1. The third-order valence-electron chi connectivity index (χ3n) is 5.93. The minimum absolute atomic E-state index is 0.266. The fourth-order valence-corrected chi connectivity index (χ4v) is 3.90. The zero-order valence-corrected chi connectivity index (χ0v) is 18.7. The van der Waals surface area contributed by atoms with Crippen LogP contribution in [-0.2, 0) is 22.8 Å². The zero-order valence-electron chi connectivity index (χ0n) is 18.7. The number of carbonyl (C=O) groups is 1. The van der Waals surface area contributed by atoms with Crippen LogP contribution in [-0.4, -0.2) is 18.3 Å². The van der Waals surface area contributed by atoms with Crippen molar-refractivity contribution in [3.8, 4) is 5.75 Å². The Morgan fingerprint density at radius 3 is 2.09 bits per heavy atom. The van der Waals surface area contributed by atoms with E-state index in [-0.39, 0.29) is 11.7 Å². The van der Waals surface area contributed by atoms with Crippen LogP contribution in [0.3, 0.4) is 0 Å². The summed E-state index contributed by atoms with van der Waals surface area (Å²) in [7, 11) is 0. The molecule has 0 aromatic heterocycles. The summed E-state index contributed by atoms with van der Waals surface area (Å²) in [5.74, 6) is -0.632. The Bertz CT molecular complexity index is 1020. The van der Waals surface area contributed by atoms with E-state index in [4.69, 9.17) is 0 Å². The molecule has 184 valence electrons. The molecule has 2 aromatic rings. The molecule has 3 rings (SSSR count). The average molecular weight is 485 g/mol. The van der Waals surface area contributed by atoms with Crippen LogP contribution in [0.15, 0.2) is 60.2 Å². The van der Waals surface area contributed by atoms with Gasteiger partial charge < -0.3 is 10.1 Å². The Hall–Kier alpha value is -2.97. The minimum atomic E-state index is -4.80. The highest BCUT2D eigenvalue weighted by atomic mass is 19.4. The van der Waals surface area contributed by atoms with E-state index in [1.165, 1.54) is 36.4 Å². The van der Waals surface area contributed by atoms with Crippen molar-refractivity contribution in [2.24, 2.45) is 0 Å². The third kappa shape index (κ3) is 6.33. The predicted molar refractivity (Wildman–Crippen MR) is 115 cm³/mol. The monoisotopic (exact) mass is 485 g/mol. The molecule has 34 heavy (non-hydrogen) atoms. The van der Waals surface area contributed by atoms with E-state index in [0.717, 1.165) is 24.1 Å². The second-order valence-electron chi connectivity index (χ2n) is 8.44. The molecule has 0 bridgehead atoms. The van der Waals surface area contributed by atoms with Crippen molar-refractivity contribution in [1.82, 2.24) is 5.32 Å². The molecule has 1 N–H and O–H groups in total. The fraction of sp³-hybridized carbons (Fsp3) is 0.400. The number of ether oxygens (including phenoxy) is 1. The number of amides is 1. The topological polar surface area (TPSA) is 38.3 Å². The maximum atomic E-state index is 13.2. The van der Waals surface area contributed by atoms with Gasteiger partial charge in [-0.2, -0.15) is 13.2 Å². The van der Waals surface area contributed by atoms with Gasteiger partial charge in [-0.05, 0) is 68.0 Å². The summed E-state index contributed by atoms with van der Waals surface area (Å²) in [6.45, 7) is 3.79. The van der Waals surface area contributed by atoms with Crippen molar-refractivity contribution in [3.63, 3.8) is 0 Å². The van der Waals surface area contributed by atoms with Crippen molar-refractivity contribution in [1.29, 1.82) is 0 Å². The molecule has 0 unspecified atom stereocenters. The number of hydrogen-bond donors (Lipinski definition) is 1. The van der Waals surface area contributed by atoms with Crippen LogP contribution >= 0.6 is 0 Å². The largest absolute Gasteiger partial charge is 0.573 e. The number of rotatable bonds is 8. The lowest BCUT2D eigenvalue weighted by atomic mass is 9.92. The van der Waals surface area contributed by atoms with E-state index in [1.54, 1.807) is 0 Å². The van der Waals surface area contributed by atoms with Gasteiger partial charge in [0.2, 0.25) is 5.91 Å². The van der Waals surface area contributed by atoms with Gasteiger partial charge in [0, 0.05) is 0 Å². The number of allylic oxidation sites excluding steroid dienone is 1. The number of halogens is 6. The lowest BCUT2D eigenvalue weighted by Gasteiger charge is -2.24. The normalized spacial score (nSPS) is 16.6. The van der Waals surface area contributed by atoms with E-state index in [0.29, 0.717) is 30.4 Å². The molecule has 1 saturated carbocycles. The molecule has 1 aliphatic carbocycles. The van der Waals surface area contributed by atoms with Gasteiger partial charge in [-0.25, -0.2) is 0 Å². The van der Waals surface area contributed by atoms with Crippen LogP contribution in [0.5, 0.6) is 5.75 Å². The molecule has 0 saturated heterocycles. The molecule has 1 fully saturated rings. The third-order valence-corrected chi connectivity index (χ3v) is 5.93. The second kappa shape index (κ2) is 9.72. The molecule has 0 aliphatic heterocycles. The first-order valence-electron chi connectivity index (χ1n) is 10.8. The summed E-state index contributed by atoms with van der Waals surface area (Å²) in [6.07, 6.45) is -5.17. The molecule has 2 aromatic carbocycles. The maximum absolute atomic E-state index is 13.2. The van der Waals surface area contributed by atoms with Gasteiger partial charge in [0.25, 0.3) is 0 Å². The van der Waals surface area contributed by atoms with Gasteiger partial charge in [0.1, 0.15) is 5.75 Å². The highest BCUT2D eigenvalue weighted by Crippen LogP contribution is 2.49. The summed E-state index contributed by atoms with van der Waals surface area (Å²) < 4.78 is 79.7. The summed E-state index contributed by atoms with van der Waals surface area (Å²) in [4.78, 5) is 13.2. The lowest BCUT2D eigenvalue weighted by molar-refractivity contribution is -0.274. The summed E-state index contributed by atoms with van der Waals surface area (Å²) in [6, 6.07) is 9.65. The predicted octanol–water partition coefficient (Wildman–Crippen LogP) is 6.72. The Labute approximate surface area is 193 Å². The van der Waals surface area contributed by atoms with E-state index in [9.17, 15) is 31.1 Å². The number of carbonyl (C=O) groups excluding carboxylic acids is 1. The van der Waals surface area contributed by atoms with Gasteiger partial charge in [-0.1, -0.05) is 42.8 Å². The first kappa shape index (κ1) is 25.6. The van der Waals surface area contributed by atoms with Crippen molar-refractivity contribution >= 4 is 5.91 Å². The molecule has 0 heterocycles. The van der Waals surface area contributed by atoms with Crippen LogP contribution in [0, 0.1) is 0 Å². The number of alkyl halides is 6. The van der Waals surface area contributed by atoms with E-state index < -0.39 is 29.6 Å². The molecule has 3 nitrogen and oxygen atoms in total. The highest BCUT2D eigenvalue weighted by molar-refractivity contribution is 5.91. The number of benzene rings is 2. The molecule has 0 radical (unpaired) electrons. The zero-order chi connectivity index (χ0) is 25.1. The van der Waals surface area contributed by atoms with Crippen LogP contribution in [0.1, 0.15) is 49.8 Å². The van der Waals surface area contributed by atoms with Crippen molar-refractivity contribution < 1.29 is 35.9 Å². The van der Waals surface area contributed by atoms with E-state index >= 15 is 0 Å². The van der Waals surface area contributed by atoms with E-state index in [1.807, 2.05) is 19.9 Å². The van der Waals surface area contributed by atoms with Crippen LogP contribution in [0.25, 0.3) is 0 Å². The summed E-state index contributed by atoms with van der Waals surface area (Å²) >= 11 is 0. The maximum Gasteiger partial charge on any atom is 0.573 e. The van der Waals surface area contributed by atoms with Crippen LogP contribution in [0.2, 0.25) is 0 Å². The number of hydrogen-bond acceptors (Lipinski definition) is 2. The Morgan fingerprint density at radius 1 is 1.03 bits per heavy atom. The molecule has 9 heteroatoms. The highest BCUT2D eigenvalue weighted by Gasteiger charge is 2.51. The van der Waals surface area contributed by atoms with Crippen molar-refractivity contribution in [2.75, 3.05) is 0 Å². The Balaban J connectivity index is 1.76. The van der Waals surface area contributed by atoms with Crippen molar-refractivity contribution in [3.05, 3.63) is 76.9 Å². The molecular weight excluding hydrogens is 460 g/mol. The van der Waals surface area contributed by atoms with Crippen LogP contribution < -0.4 is 10.1 Å². The van der Waals surface area contributed by atoms with Gasteiger partial charge in [-0.15, -0.1) is 13.2 Å².